The standard InChI is InChI=1S/C43H39ClN3O10P.C6H15N/c1-52-33-21-17-31(18-22-33)43(30-13-7-4-8-14-30,32-19-23-34(53-2)24-20-32)54-28-38-37(57-58(50,51)56-36-16-10-9-15-35(36)44)27-40(55-38)47-26-25-39(46-42(47)49)45-41(48)29-11-5-3-6-12-29;1-4-7(5-2)6-3/h3-26,37-38,40H,27-28H2,1-2H3,(H,50,51)(H,45,46,48,49);4-6H2,1-3H3/t37-,38+,40+;/m0./s1. The Kier molecular flexibility index (Phi) is 17.1. The number of halogens is 1. The lowest BCUT2D eigenvalue weighted by Gasteiger charge is -2.37. The lowest BCUT2D eigenvalue weighted by molar-refractivity contribution is -0.894. The third kappa shape index (κ3) is 12.3. The number of nitrogens with zero attached hydrogens (tertiary/aromatic N) is 2. The third-order valence-electron chi connectivity index (χ3n) is 11.0. The fourth-order valence-electron chi connectivity index (χ4n) is 7.47. The number of ether oxygens (including phenoxy) is 4. The molecule has 1 aliphatic heterocycles. The number of para-hydroxylation sites is 1. The number of aromatic nitrogens is 2. The second-order valence-corrected chi connectivity index (χ2v) is 16.6. The quantitative estimate of drug-likeness (QED) is 0.0656. The molecule has 1 aliphatic rings. The zero-order valence-electron chi connectivity index (χ0n) is 36.9. The first-order valence-corrected chi connectivity index (χ1v) is 23.1. The van der Waals surface area contributed by atoms with Gasteiger partial charge in [0.1, 0.15) is 41.0 Å². The molecule has 7 rings (SSSR count). The van der Waals surface area contributed by atoms with E-state index in [-0.39, 0.29) is 29.6 Å². The van der Waals surface area contributed by atoms with Crippen LogP contribution in [-0.4, -0.2) is 68.1 Å². The van der Waals surface area contributed by atoms with Crippen LogP contribution in [-0.2, 0) is 24.2 Å². The molecule has 14 nitrogen and oxygen atoms in total. The van der Waals surface area contributed by atoms with Gasteiger partial charge in [-0.3, -0.25) is 13.9 Å². The molecule has 4 atom stereocenters. The molecule has 1 saturated heterocycles. The van der Waals surface area contributed by atoms with Gasteiger partial charge in [-0.2, -0.15) is 4.98 Å². The summed E-state index contributed by atoms with van der Waals surface area (Å²) in [5, 5.41) is 2.68. The van der Waals surface area contributed by atoms with E-state index in [1.54, 1.807) is 61.6 Å². The molecule has 0 aliphatic carbocycles. The van der Waals surface area contributed by atoms with Crippen molar-refractivity contribution in [3.8, 4) is 17.2 Å². The Bertz CT molecular complexity index is 2490. The summed E-state index contributed by atoms with van der Waals surface area (Å²) in [4.78, 5) is 45.5. The van der Waals surface area contributed by atoms with E-state index in [0.29, 0.717) is 17.1 Å². The molecule has 2 heterocycles. The maximum Gasteiger partial charge on any atom is 0.351 e. The Hall–Kier alpha value is -5.83. The van der Waals surface area contributed by atoms with Gasteiger partial charge in [0, 0.05) is 18.2 Å². The molecule has 1 amide bonds. The van der Waals surface area contributed by atoms with Gasteiger partial charge < -0.3 is 43.1 Å². The predicted octanol–water partition coefficient (Wildman–Crippen LogP) is 7.33. The SMILES string of the molecule is CC[NH+](CC)CC.COc1ccc(C(OC[C@H]2O[C@@H](n3ccc(NC(=O)c4ccccc4)nc3=O)C[C@@H]2OP(=O)([O-])Oc2ccccc2Cl)(c2ccccc2)c2ccc(OC)cc2)cc1. The van der Waals surface area contributed by atoms with E-state index in [9.17, 15) is 19.0 Å². The number of amides is 1. The number of anilines is 1. The first-order valence-electron chi connectivity index (χ1n) is 21.3. The maximum atomic E-state index is 13.5. The Labute approximate surface area is 384 Å². The number of benzene rings is 5. The Balaban J connectivity index is 0.000000925. The minimum absolute atomic E-state index is 0.0182. The average molecular weight is 925 g/mol. The summed E-state index contributed by atoms with van der Waals surface area (Å²) in [6.07, 6.45) is -2.11. The van der Waals surface area contributed by atoms with Crippen LogP contribution in [0.15, 0.2) is 151 Å². The van der Waals surface area contributed by atoms with Crippen LogP contribution in [0.4, 0.5) is 5.82 Å². The van der Waals surface area contributed by atoms with Crippen molar-refractivity contribution in [3.05, 3.63) is 183 Å². The highest BCUT2D eigenvalue weighted by molar-refractivity contribution is 7.46. The van der Waals surface area contributed by atoms with E-state index in [1.165, 1.54) is 48.6 Å². The van der Waals surface area contributed by atoms with Crippen LogP contribution >= 0.6 is 19.4 Å². The highest BCUT2D eigenvalue weighted by Crippen LogP contribution is 2.48. The van der Waals surface area contributed by atoms with Crippen molar-refractivity contribution in [2.45, 2.75) is 51.2 Å². The number of phosphoric ester groups is 1. The van der Waals surface area contributed by atoms with Crippen molar-refractivity contribution in [2.75, 3.05) is 45.8 Å². The highest BCUT2D eigenvalue weighted by Gasteiger charge is 2.44. The molecule has 342 valence electrons. The number of phosphoric acid groups is 1. The van der Waals surface area contributed by atoms with Gasteiger partial charge in [-0.05, 0) is 92.1 Å². The van der Waals surface area contributed by atoms with Crippen molar-refractivity contribution in [3.63, 3.8) is 0 Å². The first-order chi connectivity index (χ1) is 31.4. The smallest absolute Gasteiger partial charge is 0.351 e. The van der Waals surface area contributed by atoms with Gasteiger partial charge >= 0.3 is 13.5 Å². The molecule has 1 aromatic heterocycles. The summed E-state index contributed by atoms with van der Waals surface area (Å²) in [6, 6.07) is 40.3. The van der Waals surface area contributed by atoms with E-state index >= 15 is 0 Å². The number of hydrogen-bond acceptors (Lipinski definition) is 11. The summed E-state index contributed by atoms with van der Waals surface area (Å²) in [5.74, 6) is 0.704. The fourth-order valence-corrected chi connectivity index (χ4v) is 8.69. The van der Waals surface area contributed by atoms with Crippen molar-refractivity contribution in [1.29, 1.82) is 0 Å². The van der Waals surface area contributed by atoms with Crippen LogP contribution in [0.2, 0.25) is 5.02 Å². The van der Waals surface area contributed by atoms with Crippen LogP contribution in [0, 0.1) is 0 Å². The number of quaternary nitrogens is 1. The van der Waals surface area contributed by atoms with Gasteiger partial charge in [-0.15, -0.1) is 0 Å². The zero-order valence-corrected chi connectivity index (χ0v) is 38.6. The van der Waals surface area contributed by atoms with E-state index in [0.717, 1.165) is 16.7 Å². The van der Waals surface area contributed by atoms with E-state index in [1.807, 2.05) is 78.9 Å². The largest absolute Gasteiger partial charge is 0.746 e. The van der Waals surface area contributed by atoms with Crippen molar-refractivity contribution < 1.29 is 47.1 Å². The average Bonchev–Trinajstić information content (AvgIpc) is 3.72. The molecule has 65 heavy (non-hydrogen) atoms. The lowest BCUT2D eigenvalue weighted by atomic mass is 9.80. The molecule has 1 unspecified atom stereocenters. The topological polar surface area (TPSA) is 164 Å². The van der Waals surface area contributed by atoms with Gasteiger partial charge in [0.05, 0.1) is 51.6 Å². The summed E-state index contributed by atoms with van der Waals surface area (Å²) in [5.41, 5.74) is 0.528. The number of carbonyl (C=O) groups excluding carboxylic acids is 1. The van der Waals surface area contributed by atoms with Crippen molar-refractivity contribution in [2.24, 2.45) is 0 Å². The van der Waals surface area contributed by atoms with Crippen LogP contribution in [0.5, 0.6) is 17.2 Å². The molecule has 16 heteroatoms. The third-order valence-corrected chi connectivity index (χ3v) is 12.3. The normalized spacial score (nSPS) is 16.8. The van der Waals surface area contributed by atoms with Gasteiger partial charge in [-0.1, -0.05) is 96.5 Å². The number of methoxy groups -OCH3 is 2. The van der Waals surface area contributed by atoms with Crippen molar-refractivity contribution in [1.82, 2.24) is 9.55 Å². The Morgan fingerprint density at radius 2 is 1.35 bits per heavy atom. The summed E-state index contributed by atoms with van der Waals surface area (Å²) in [7, 11) is -1.96. The van der Waals surface area contributed by atoms with Gasteiger partial charge in [0.25, 0.3) is 5.91 Å². The lowest BCUT2D eigenvalue weighted by Crippen LogP contribution is -3.11. The molecule has 5 aromatic carbocycles. The first kappa shape index (κ1) is 48.6. The van der Waals surface area contributed by atoms with Gasteiger partial charge in [0.15, 0.2) is 0 Å². The molecule has 2 N–H and O–H groups in total. The molecule has 0 spiro atoms. The molecule has 6 aromatic rings. The van der Waals surface area contributed by atoms with Gasteiger partial charge in [0.2, 0.25) is 0 Å². The zero-order chi connectivity index (χ0) is 46.4. The summed E-state index contributed by atoms with van der Waals surface area (Å²) < 4.78 is 50.1. The molecular weight excluding hydrogens is 871 g/mol. The van der Waals surface area contributed by atoms with E-state index in [2.05, 4.69) is 31.1 Å². The van der Waals surface area contributed by atoms with Crippen LogP contribution in [0.1, 0.15) is 60.5 Å². The number of rotatable bonds is 18. The summed E-state index contributed by atoms with van der Waals surface area (Å²) >= 11 is 6.22. The molecule has 0 radical (unpaired) electrons. The van der Waals surface area contributed by atoms with E-state index in [4.69, 9.17) is 39.6 Å². The molecule has 1 fully saturated rings. The number of carbonyl (C=O) groups is 1. The van der Waals surface area contributed by atoms with Crippen LogP contribution in [0.3, 0.4) is 0 Å². The minimum Gasteiger partial charge on any atom is -0.746 e. The van der Waals surface area contributed by atoms with Crippen molar-refractivity contribution >= 4 is 31.1 Å². The fraction of sp³-hybridized carbons (Fsp3) is 0.286. The second-order valence-electron chi connectivity index (χ2n) is 14.9. The predicted molar refractivity (Wildman–Crippen MR) is 247 cm³/mol. The number of hydrogen-bond donors (Lipinski definition) is 2. The number of nitrogens with one attached hydrogen (secondary N) is 2. The highest BCUT2D eigenvalue weighted by atomic mass is 35.5. The maximum absolute atomic E-state index is 13.5. The second kappa shape index (κ2) is 22.9. The molecule has 0 saturated carbocycles. The van der Waals surface area contributed by atoms with E-state index < -0.39 is 43.5 Å². The Morgan fingerprint density at radius 1 is 0.815 bits per heavy atom. The molecular formula is C49H54ClN4O10P. The molecule has 0 bridgehead atoms. The van der Waals surface area contributed by atoms with Crippen LogP contribution < -0.4 is 34.8 Å². The van der Waals surface area contributed by atoms with Gasteiger partial charge in [-0.25, -0.2) is 4.79 Å². The summed E-state index contributed by atoms with van der Waals surface area (Å²) in [6.45, 7) is 10.2. The van der Waals surface area contributed by atoms with Crippen LogP contribution in [0.25, 0.3) is 0 Å². The monoisotopic (exact) mass is 924 g/mol. The minimum atomic E-state index is -5.12. The Morgan fingerprint density at radius 3 is 1.88 bits per heavy atom.